The van der Waals surface area contributed by atoms with E-state index in [9.17, 15) is 4.79 Å². The fraction of sp³-hybridized carbons (Fsp3) is 0.286. The van der Waals surface area contributed by atoms with E-state index in [-0.39, 0.29) is 5.91 Å². The number of rotatable bonds is 12. The molecule has 1 atom stereocenters. The van der Waals surface area contributed by atoms with E-state index in [4.69, 9.17) is 9.47 Å². The van der Waals surface area contributed by atoms with Crippen LogP contribution in [0, 0.1) is 0 Å². The topological polar surface area (TPSA) is 59.9 Å². The Morgan fingerprint density at radius 2 is 1.55 bits per heavy atom. The average Bonchev–Trinajstić information content (AvgIpc) is 2.85. The summed E-state index contributed by atoms with van der Waals surface area (Å²) in [6.07, 6.45) is 5.66. The fourth-order valence-electron chi connectivity index (χ4n) is 3.24. The van der Waals surface area contributed by atoms with Gasteiger partial charge in [-0.2, -0.15) is 5.10 Å². The molecule has 0 saturated heterocycles. The molecule has 0 aliphatic rings. The van der Waals surface area contributed by atoms with E-state index in [1.165, 1.54) is 19.3 Å². The van der Waals surface area contributed by atoms with Gasteiger partial charge in [0.05, 0.1) is 12.8 Å². The highest BCUT2D eigenvalue weighted by Crippen LogP contribution is 2.22. The highest BCUT2D eigenvalue weighted by Gasteiger charge is 2.14. The number of unbranched alkanes of at least 4 members (excludes halogenated alkanes) is 3. The number of hydrogen-bond donors (Lipinski definition) is 1. The molecule has 0 spiro atoms. The van der Waals surface area contributed by atoms with Crippen molar-refractivity contribution in [1.29, 1.82) is 0 Å². The van der Waals surface area contributed by atoms with Gasteiger partial charge in [0.2, 0.25) is 0 Å². The van der Waals surface area contributed by atoms with Crippen molar-refractivity contribution in [2.45, 2.75) is 45.6 Å². The normalized spacial score (nSPS) is 11.8. The van der Waals surface area contributed by atoms with Crippen molar-refractivity contribution in [2.24, 2.45) is 5.10 Å². The molecule has 0 radical (unpaired) electrons. The van der Waals surface area contributed by atoms with Crippen molar-refractivity contribution in [3.05, 3.63) is 84.4 Å². The van der Waals surface area contributed by atoms with E-state index in [0.29, 0.717) is 5.75 Å². The molecule has 172 valence electrons. The third kappa shape index (κ3) is 8.11. The van der Waals surface area contributed by atoms with Crippen LogP contribution in [-0.2, 0) is 4.79 Å². The largest absolute Gasteiger partial charge is 0.494 e. The van der Waals surface area contributed by atoms with Crippen molar-refractivity contribution in [3.63, 3.8) is 0 Å². The van der Waals surface area contributed by atoms with E-state index >= 15 is 0 Å². The van der Waals surface area contributed by atoms with Gasteiger partial charge in [-0.15, -0.1) is 0 Å². The number of ether oxygens (including phenoxy) is 2. The maximum Gasteiger partial charge on any atom is 0.280 e. The minimum Gasteiger partial charge on any atom is -0.494 e. The second-order valence-corrected chi connectivity index (χ2v) is 7.86. The second kappa shape index (κ2) is 13.1. The van der Waals surface area contributed by atoms with Crippen LogP contribution in [0.5, 0.6) is 11.5 Å². The number of amides is 1. The maximum absolute atomic E-state index is 12.3. The molecule has 33 heavy (non-hydrogen) atoms. The van der Waals surface area contributed by atoms with Crippen LogP contribution >= 0.6 is 0 Å². The molecule has 0 bridgehead atoms. The number of benzene rings is 3. The lowest BCUT2D eigenvalue weighted by Gasteiger charge is -2.13. The van der Waals surface area contributed by atoms with E-state index < -0.39 is 6.10 Å². The number of carbonyl (C=O) groups excluding carboxylic acids is 1. The van der Waals surface area contributed by atoms with Crippen LogP contribution in [0.25, 0.3) is 11.1 Å². The Morgan fingerprint density at radius 1 is 0.879 bits per heavy atom. The smallest absolute Gasteiger partial charge is 0.280 e. The summed E-state index contributed by atoms with van der Waals surface area (Å²) >= 11 is 0. The number of nitrogens with zero attached hydrogens (tertiary/aromatic N) is 1. The summed E-state index contributed by atoms with van der Waals surface area (Å²) in [6.45, 7) is 4.63. The predicted octanol–water partition coefficient (Wildman–Crippen LogP) is 6.23. The van der Waals surface area contributed by atoms with Crippen LogP contribution < -0.4 is 14.9 Å². The first-order valence-electron chi connectivity index (χ1n) is 11.5. The summed E-state index contributed by atoms with van der Waals surface area (Å²) in [5, 5.41) is 4.04. The second-order valence-electron chi connectivity index (χ2n) is 7.86. The van der Waals surface area contributed by atoms with Gasteiger partial charge in [0.25, 0.3) is 5.91 Å². The van der Waals surface area contributed by atoms with Crippen molar-refractivity contribution in [2.75, 3.05) is 6.61 Å². The molecule has 1 amide bonds. The minimum absolute atomic E-state index is 0.314. The van der Waals surface area contributed by atoms with E-state index in [1.807, 2.05) is 66.7 Å². The Labute approximate surface area is 196 Å². The molecule has 5 nitrogen and oxygen atoms in total. The summed E-state index contributed by atoms with van der Waals surface area (Å²) in [4.78, 5) is 12.3. The van der Waals surface area contributed by atoms with Gasteiger partial charge in [0.1, 0.15) is 11.5 Å². The lowest BCUT2D eigenvalue weighted by atomic mass is 10.1. The molecule has 1 N–H and O–H groups in total. The standard InChI is InChI=1S/C28H32N2O3/c1-3-4-5-9-20-32-26-16-12-23(13-17-26)21-29-30-28(31)22(2)33-27-18-14-25(15-19-27)24-10-7-6-8-11-24/h6-8,10-19,21-22H,3-5,9,20H2,1-2H3,(H,30,31)/t22-/m0/s1. The first kappa shape index (κ1) is 24.1. The quantitative estimate of drug-likeness (QED) is 0.205. The monoisotopic (exact) mass is 444 g/mol. The fourth-order valence-corrected chi connectivity index (χ4v) is 3.24. The van der Waals surface area contributed by atoms with Gasteiger partial charge in [-0.3, -0.25) is 4.79 Å². The molecular weight excluding hydrogens is 412 g/mol. The molecular formula is C28H32N2O3. The summed E-state index contributed by atoms with van der Waals surface area (Å²) in [5.74, 6) is 1.16. The highest BCUT2D eigenvalue weighted by molar-refractivity contribution is 5.84. The lowest BCUT2D eigenvalue weighted by molar-refractivity contribution is -0.127. The molecule has 0 aliphatic carbocycles. The summed E-state index contributed by atoms with van der Waals surface area (Å²) in [6, 6.07) is 25.4. The van der Waals surface area contributed by atoms with E-state index in [2.05, 4.69) is 29.6 Å². The number of hydrogen-bond acceptors (Lipinski definition) is 4. The zero-order valence-corrected chi connectivity index (χ0v) is 19.4. The SMILES string of the molecule is CCCCCCOc1ccc(C=NNC(=O)[C@H](C)Oc2ccc(-c3ccccc3)cc2)cc1. The van der Waals surface area contributed by atoms with Crippen LogP contribution in [0.15, 0.2) is 84.0 Å². The molecule has 0 aliphatic heterocycles. The Kier molecular flexibility index (Phi) is 9.52. The third-order valence-corrected chi connectivity index (χ3v) is 5.18. The van der Waals surface area contributed by atoms with Crippen LogP contribution in [0.3, 0.4) is 0 Å². The predicted molar refractivity (Wildman–Crippen MR) is 134 cm³/mol. The minimum atomic E-state index is -0.673. The van der Waals surface area contributed by atoms with Crippen molar-refractivity contribution < 1.29 is 14.3 Å². The number of carbonyl (C=O) groups is 1. The van der Waals surface area contributed by atoms with Gasteiger partial charge < -0.3 is 9.47 Å². The maximum atomic E-state index is 12.3. The molecule has 3 rings (SSSR count). The lowest BCUT2D eigenvalue weighted by Crippen LogP contribution is -2.33. The van der Waals surface area contributed by atoms with Crippen LogP contribution in [-0.4, -0.2) is 24.8 Å². The number of nitrogens with one attached hydrogen (secondary N) is 1. The van der Waals surface area contributed by atoms with Crippen LogP contribution in [0.2, 0.25) is 0 Å². The molecule has 0 saturated carbocycles. The van der Waals surface area contributed by atoms with Crippen molar-refractivity contribution in [1.82, 2.24) is 5.43 Å². The first-order chi connectivity index (χ1) is 16.2. The zero-order chi connectivity index (χ0) is 23.3. The third-order valence-electron chi connectivity index (χ3n) is 5.18. The molecule has 0 unspecified atom stereocenters. The molecule has 0 heterocycles. The van der Waals surface area contributed by atoms with Crippen molar-refractivity contribution in [3.8, 4) is 22.6 Å². The van der Waals surface area contributed by atoms with Gasteiger partial charge >= 0.3 is 0 Å². The molecule has 0 aromatic heterocycles. The van der Waals surface area contributed by atoms with Crippen LogP contribution in [0.1, 0.15) is 45.1 Å². The molecule has 3 aromatic rings. The van der Waals surface area contributed by atoms with Gasteiger partial charge in [-0.1, -0.05) is 68.7 Å². The van der Waals surface area contributed by atoms with Gasteiger partial charge in [0.15, 0.2) is 6.10 Å². The van der Waals surface area contributed by atoms with Gasteiger partial charge in [0, 0.05) is 0 Å². The Bertz CT molecular complexity index is 1000. The summed E-state index contributed by atoms with van der Waals surface area (Å²) in [5.41, 5.74) is 5.63. The van der Waals surface area contributed by atoms with Crippen molar-refractivity contribution >= 4 is 12.1 Å². The van der Waals surface area contributed by atoms with Gasteiger partial charge in [-0.05, 0) is 66.4 Å². The molecule has 3 aromatic carbocycles. The zero-order valence-electron chi connectivity index (χ0n) is 19.4. The summed E-state index contributed by atoms with van der Waals surface area (Å²) < 4.78 is 11.5. The molecule has 5 heteroatoms. The average molecular weight is 445 g/mol. The summed E-state index contributed by atoms with van der Waals surface area (Å²) in [7, 11) is 0. The molecule has 0 fully saturated rings. The Morgan fingerprint density at radius 3 is 2.24 bits per heavy atom. The Balaban J connectivity index is 1.42. The number of hydrazone groups is 1. The van der Waals surface area contributed by atoms with E-state index in [1.54, 1.807) is 13.1 Å². The Hall–Kier alpha value is -3.60. The van der Waals surface area contributed by atoms with Gasteiger partial charge in [-0.25, -0.2) is 5.43 Å². The van der Waals surface area contributed by atoms with E-state index in [0.717, 1.165) is 35.5 Å². The first-order valence-corrected chi connectivity index (χ1v) is 11.5. The highest BCUT2D eigenvalue weighted by atomic mass is 16.5. The van der Waals surface area contributed by atoms with Crippen LogP contribution in [0.4, 0.5) is 0 Å².